The van der Waals surface area contributed by atoms with E-state index >= 15 is 0 Å². The number of nitrogens with one attached hydrogen (secondary N) is 3. The maximum atomic E-state index is 12.9. The first kappa shape index (κ1) is 21.9. The number of hydrogen-bond donors (Lipinski definition) is 3. The van der Waals surface area contributed by atoms with Crippen LogP contribution in [0, 0.1) is 5.92 Å². The van der Waals surface area contributed by atoms with Crippen LogP contribution >= 0.6 is 0 Å². The summed E-state index contributed by atoms with van der Waals surface area (Å²) in [4.78, 5) is 53.6. The third-order valence-corrected chi connectivity index (χ3v) is 4.75. The fourth-order valence-corrected chi connectivity index (χ4v) is 3.04. The standard InChI is InChI=1S/C20H24N6O5/c1-12(2)16(25-20(30)31-10-13-6-4-3-5-7-13)18(28)24-14-9-26-15(22-11-23-26)8-21-19(29)17(14)27/h3-7,11-12,14,16H,8-10H2,1-2H3,(H,21,29)(H,24,28)(H,25,30). The molecule has 1 aliphatic heterocycles. The fourth-order valence-electron chi connectivity index (χ4n) is 3.04. The molecule has 3 amide bonds. The lowest BCUT2D eigenvalue weighted by atomic mass is 10.0. The van der Waals surface area contributed by atoms with Gasteiger partial charge in [0.25, 0.3) is 5.91 Å². The Morgan fingerprint density at radius 1 is 1.26 bits per heavy atom. The average molecular weight is 428 g/mol. The van der Waals surface area contributed by atoms with Crippen LogP contribution in [0.3, 0.4) is 0 Å². The zero-order valence-electron chi connectivity index (χ0n) is 17.2. The molecule has 2 atom stereocenters. The molecule has 11 nitrogen and oxygen atoms in total. The molecule has 0 bridgehead atoms. The summed E-state index contributed by atoms with van der Waals surface area (Å²) < 4.78 is 6.61. The van der Waals surface area contributed by atoms with Crippen LogP contribution in [0.4, 0.5) is 4.79 Å². The van der Waals surface area contributed by atoms with Crippen LogP contribution in [0.1, 0.15) is 25.2 Å². The molecule has 11 heteroatoms. The maximum absolute atomic E-state index is 12.9. The van der Waals surface area contributed by atoms with Crippen molar-refractivity contribution in [2.24, 2.45) is 5.92 Å². The number of aromatic nitrogens is 3. The lowest BCUT2D eigenvalue weighted by molar-refractivity contribution is -0.141. The quantitative estimate of drug-likeness (QED) is 0.546. The monoisotopic (exact) mass is 428 g/mol. The number of rotatable bonds is 6. The van der Waals surface area contributed by atoms with Crippen molar-refractivity contribution in [3.8, 4) is 0 Å². The Morgan fingerprint density at radius 2 is 2.00 bits per heavy atom. The Hall–Kier alpha value is -3.76. The SMILES string of the molecule is CC(C)C(NC(=O)OCc1ccccc1)C(=O)NC1Cn2ncnc2CNC(=O)C1=O. The summed E-state index contributed by atoms with van der Waals surface area (Å²) in [6, 6.07) is 6.99. The lowest BCUT2D eigenvalue weighted by Gasteiger charge is -2.25. The van der Waals surface area contributed by atoms with Gasteiger partial charge in [-0.1, -0.05) is 44.2 Å². The van der Waals surface area contributed by atoms with E-state index in [9.17, 15) is 19.2 Å². The first-order chi connectivity index (χ1) is 14.8. The summed E-state index contributed by atoms with van der Waals surface area (Å²) in [5.41, 5.74) is 0.804. The van der Waals surface area contributed by atoms with Crippen molar-refractivity contribution in [1.82, 2.24) is 30.7 Å². The van der Waals surface area contributed by atoms with Gasteiger partial charge >= 0.3 is 6.09 Å². The Bertz CT molecular complexity index is 958. The topological polar surface area (TPSA) is 144 Å². The second-order valence-electron chi connectivity index (χ2n) is 7.39. The summed E-state index contributed by atoms with van der Waals surface area (Å²) in [5, 5.41) is 11.5. The molecular weight excluding hydrogens is 404 g/mol. The Balaban J connectivity index is 1.64. The van der Waals surface area contributed by atoms with Crippen molar-refractivity contribution in [1.29, 1.82) is 0 Å². The maximum Gasteiger partial charge on any atom is 0.408 e. The van der Waals surface area contributed by atoms with Gasteiger partial charge in [-0.25, -0.2) is 14.5 Å². The van der Waals surface area contributed by atoms with Crippen molar-refractivity contribution >= 4 is 23.7 Å². The van der Waals surface area contributed by atoms with Gasteiger partial charge in [-0.05, 0) is 11.5 Å². The summed E-state index contributed by atoms with van der Waals surface area (Å²) in [6.07, 6.45) is 0.537. The summed E-state index contributed by atoms with van der Waals surface area (Å²) >= 11 is 0. The minimum Gasteiger partial charge on any atom is -0.445 e. The van der Waals surface area contributed by atoms with Crippen molar-refractivity contribution in [3.63, 3.8) is 0 Å². The number of fused-ring (bicyclic) bond motifs is 1. The Morgan fingerprint density at radius 3 is 2.71 bits per heavy atom. The average Bonchev–Trinajstić information content (AvgIpc) is 3.19. The first-order valence-electron chi connectivity index (χ1n) is 9.81. The normalized spacial score (nSPS) is 17.1. The highest BCUT2D eigenvalue weighted by molar-refractivity contribution is 6.38. The van der Waals surface area contributed by atoms with Crippen molar-refractivity contribution < 1.29 is 23.9 Å². The Labute approximate surface area is 178 Å². The third-order valence-electron chi connectivity index (χ3n) is 4.75. The summed E-state index contributed by atoms with van der Waals surface area (Å²) in [7, 11) is 0. The van der Waals surface area contributed by atoms with E-state index < -0.39 is 35.8 Å². The van der Waals surface area contributed by atoms with E-state index in [4.69, 9.17) is 4.74 Å². The number of benzene rings is 1. The molecule has 0 spiro atoms. The number of ether oxygens (including phenoxy) is 1. The zero-order valence-corrected chi connectivity index (χ0v) is 17.2. The van der Waals surface area contributed by atoms with Crippen molar-refractivity contribution in [2.75, 3.05) is 0 Å². The van der Waals surface area contributed by atoms with Gasteiger partial charge in [-0.15, -0.1) is 0 Å². The van der Waals surface area contributed by atoms with Crippen LogP contribution in [-0.4, -0.2) is 50.5 Å². The van der Waals surface area contributed by atoms with E-state index in [1.54, 1.807) is 13.8 Å². The molecule has 0 radical (unpaired) electrons. The molecule has 0 fully saturated rings. The van der Waals surface area contributed by atoms with E-state index in [2.05, 4.69) is 26.0 Å². The molecule has 3 N–H and O–H groups in total. The molecule has 164 valence electrons. The number of nitrogens with zero attached hydrogens (tertiary/aromatic N) is 3. The van der Waals surface area contributed by atoms with E-state index in [-0.39, 0.29) is 25.6 Å². The van der Waals surface area contributed by atoms with Crippen LogP contribution in [0.15, 0.2) is 36.7 Å². The van der Waals surface area contributed by atoms with E-state index in [0.29, 0.717) is 5.82 Å². The van der Waals surface area contributed by atoms with Gasteiger partial charge in [-0.2, -0.15) is 5.10 Å². The minimum absolute atomic E-state index is 0.0450. The first-order valence-corrected chi connectivity index (χ1v) is 9.81. The smallest absolute Gasteiger partial charge is 0.408 e. The number of amides is 3. The molecule has 2 aromatic rings. The molecule has 1 aromatic heterocycles. The van der Waals surface area contributed by atoms with Crippen LogP contribution in [-0.2, 0) is 38.8 Å². The molecule has 1 aliphatic rings. The van der Waals surface area contributed by atoms with Crippen LogP contribution < -0.4 is 16.0 Å². The van der Waals surface area contributed by atoms with Crippen LogP contribution in [0.2, 0.25) is 0 Å². The van der Waals surface area contributed by atoms with Gasteiger partial charge < -0.3 is 20.7 Å². The van der Waals surface area contributed by atoms with Crippen molar-refractivity contribution in [2.45, 2.75) is 45.6 Å². The molecule has 2 unspecified atom stereocenters. The van der Waals surface area contributed by atoms with E-state index in [1.807, 2.05) is 30.3 Å². The summed E-state index contributed by atoms with van der Waals surface area (Å²) in [5.74, 6) is -2.08. The highest BCUT2D eigenvalue weighted by Gasteiger charge is 2.33. The van der Waals surface area contributed by atoms with Gasteiger partial charge in [-0.3, -0.25) is 14.4 Å². The highest BCUT2D eigenvalue weighted by Crippen LogP contribution is 2.07. The second kappa shape index (κ2) is 9.83. The van der Waals surface area contributed by atoms with Gasteiger partial charge in [0, 0.05) is 0 Å². The minimum atomic E-state index is -1.16. The van der Waals surface area contributed by atoms with Gasteiger partial charge in [0.15, 0.2) is 0 Å². The lowest BCUT2D eigenvalue weighted by Crippen LogP contribution is -2.57. The number of carbonyl (C=O) groups excluding carboxylic acids is 4. The van der Waals surface area contributed by atoms with E-state index in [0.717, 1.165) is 5.56 Å². The number of ketones is 1. The van der Waals surface area contributed by atoms with Crippen LogP contribution in [0.25, 0.3) is 0 Å². The molecule has 1 aromatic carbocycles. The van der Waals surface area contributed by atoms with Gasteiger partial charge in [0.05, 0.1) is 13.1 Å². The molecule has 0 aliphatic carbocycles. The molecular formula is C20H24N6O5. The Kier molecular flexibility index (Phi) is 6.96. The number of Topliss-reactive ketones (excluding diaryl/α,β-unsaturated/α-hetero) is 1. The number of alkyl carbamates (subject to hydrolysis) is 1. The number of carbonyl (C=O) groups is 4. The molecule has 31 heavy (non-hydrogen) atoms. The molecule has 0 saturated heterocycles. The molecule has 0 saturated carbocycles. The van der Waals surface area contributed by atoms with E-state index in [1.165, 1.54) is 11.0 Å². The zero-order chi connectivity index (χ0) is 22.4. The predicted octanol–water partition coefficient (Wildman–Crippen LogP) is -0.0872. The largest absolute Gasteiger partial charge is 0.445 e. The van der Waals surface area contributed by atoms with Gasteiger partial charge in [0.1, 0.15) is 30.8 Å². The van der Waals surface area contributed by atoms with Gasteiger partial charge in [0.2, 0.25) is 11.7 Å². The molecule has 3 rings (SSSR count). The highest BCUT2D eigenvalue weighted by atomic mass is 16.5. The fraction of sp³-hybridized carbons (Fsp3) is 0.400. The molecule has 2 heterocycles. The number of hydrogen-bond acceptors (Lipinski definition) is 7. The predicted molar refractivity (Wildman–Crippen MR) is 107 cm³/mol. The van der Waals surface area contributed by atoms with Crippen LogP contribution in [0.5, 0.6) is 0 Å². The third kappa shape index (κ3) is 5.65. The summed E-state index contributed by atoms with van der Waals surface area (Å²) in [6.45, 7) is 3.55. The second-order valence-corrected chi connectivity index (χ2v) is 7.39. The van der Waals surface area contributed by atoms with Crippen molar-refractivity contribution in [3.05, 3.63) is 48.0 Å².